The van der Waals surface area contributed by atoms with Crippen LogP contribution < -0.4 is 4.90 Å². The molecule has 0 atom stereocenters. The molecule has 1 heterocycles. The molecule has 1 aromatic heterocycles. The zero-order valence-electron chi connectivity index (χ0n) is 31.6. The summed E-state index contributed by atoms with van der Waals surface area (Å²) in [6, 6.07) is 41.0. The first-order valence-corrected chi connectivity index (χ1v) is 19.4. The molecule has 264 valence electrons. The van der Waals surface area contributed by atoms with Gasteiger partial charge in [-0.15, -0.1) is 0 Å². The van der Waals surface area contributed by atoms with Crippen LogP contribution in [-0.4, -0.2) is 4.57 Å². The molecule has 54 heavy (non-hydrogen) atoms. The van der Waals surface area contributed by atoms with E-state index in [2.05, 4.69) is 182 Å². The summed E-state index contributed by atoms with van der Waals surface area (Å²) in [6.45, 7) is 10.6. The molecule has 0 spiro atoms. The first kappa shape index (κ1) is 33.7. The number of aryl methyl sites for hydroxylation is 2. The van der Waals surface area contributed by atoms with E-state index in [4.69, 9.17) is 0 Å². The lowest BCUT2D eigenvalue weighted by Crippen LogP contribution is -2.18. The number of hydrogen-bond donors (Lipinski definition) is 0. The number of rotatable bonds is 8. The third-order valence-electron chi connectivity index (χ3n) is 11.7. The fourth-order valence-electron chi connectivity index (χ4n) is 8.73. The van der Waals surface area contributed by atoms with Crippen LogP contribution in [-0.2, 0) is 12.8 Å². The van der Waals surface area contributed by atoms with Gasteiger partial charge in [0.25, 0.3) is 0 Å². The topological polar surface area (TPSA) is 8.17 Å². The van der Waals surface area contributed by atoms with Gasteiger partial charge in [0, 0.05) is 39.4 Å². The second-order valence-corrected chi connectivity index (χ2v) is 14.9. The number of anilines is 2. The molecule has 5 aromatic carbocycles. The van der Waals surface area contributed by atoms with Crippen molar-refractivity contribution < 1.29 is 0 Å². The predicted octanol–water partition coefficient (Wildman–Crippen LogP) is 13.7. The van der Waals surface area contributed by atoms with Gasteiger partial charge in [-0.2, -0.15) is 0 Å². The minimum atomic E-state index is 0.936. The largest absolute Gasteiger partial charge is 0.314 e. The molecule has 3 aliphatic carbocycles. The molecular weight excluding hydrogens is 653 g/mol. The van der Waals surface area contributed by atoms with Crippen LogP contribution in [0, 0.1) is 13.8 Å². The summed E-state index contributed by atoms with van der Waals surface area (Å²) in [7, 11) is 0. The van der Waals surface area contributed by atoms with Gasteiger partial charge in [0.15, 0.2) is 0 Å². The van der Waals surface area contributed by atoms with Gasteiger partial charge in [-0.3, -0.25) is 0 Å². The highest BCUT2D eigenvalue weighted by Gasteiger charge is 2.26. The Hall–Kier alpha value is -6.12. The number of allylic oxidation sites excluding steroid dienone is 10. The number of para-hydroxylation sites is 1. The third-order valence-corrected chi connectivity index (χ3v) is 11.7. The highest BCUT2D eigenvalue weighted by molar-refractivity contribution is 6.01. The minimum Gasteiger partial charge on any atom is -0.314 e. The Balaban J connectivity index is 1.19. The number of nitrogens with zero attached hydrogens (tertiary/aromatic N) is 2. The highest BCUT2D eigenvalue weighted by atomic mass is 15.2. The second-order valence-electron chi connectivity index (χ2n) is 14.9. The van der Waals surface area contributed by atoms with Crippen molar-refractivity contribution in [2.24, 2.45) is 0 Å². The Morgan fingerprint density at radius 3 is 2.31 bits per heavy atom. The van der Waals surface area contributed by atoms with E-state index in [1.54, 1.807) is 0 Å². The molecule has 0 saturated carbocycles. The Morgan fingerprint density at radius 1 is 0.722 bits per heavy atom. The summed E-state index contributed by atoms with van der Waals surface area (Å²) in [5.41, 5.74) is 22.4. The fourth-order valence-corrected chi connectivity index (χ4v) is 8.73. The maximum absolute atomic E-state index is 4.11. The van der Waals surface area contributed by atoms with Gasteiger partial charge in [-0.25, -0.2) is 0 Å². The van der Waals surface area contributed by atoms with Crippen molar-refractivity contribution in [3.05, 3.63) is 208 Å². The summed E-state index contributed by atoms with van der Waals surface area (Å²) in [4.78, 5) is 2.48. The quantitative estimate of drug-likeness (QED) is 0.143. The van der Waals surface area contributed by atoms with Crippen LogP contribution in [0.25, 0.3) is 39.4 Å². The Bertz CT molecular complexity index is 2620. The average molecular weight is 699 g/mol. The van der Waals surface area contributed by atoms with Crippen molar-refractivity contribution in [1.82, 2.24) is 4.57 Å². The third kappa shape index (κ3) is 5.93. The summed E-state index contributed by atoms with van der Waals surface area (Å²) in [5.74, 6) is 0. The molecule has 2 heteroatoms. The Kier molecular flexibility index (Phi) is 8.75. The maximum atomic E-state index is 4.11. The van der Waals surface area contributed by atoms with Crippen molar-refractivity contribution in [3.8, 4) is 16.8 Å². The van der Waals surface area contributed by atoms with Crippen molar-refractivity contribution in [1.29, 1.82) is 0 Å². The first-order chi connectivity index (χ1) is 26.5. The van der Waals surface area contributed by atoms with E-state index in [-0.39, 0.29) is 0 Å². The zero-order valence-corrected chi connectivity index (χ0v) is 31.6. The molecule has 3 aliphatic rings. The SMILES string of the molecule is C=C/C(=C\C=C/C)C1=CC=C(N(c2ccc(C)c(C)c2)c2ccc3c4c(n(-c5ccccc5)c3c2)CCC(c2ccc3c(c2)-c2ccccc2C3)=C4)CC1. The van der Waals surface area contributed by atoms with E-state index in [1.165, 1.54) is 101 Å². The van der Waals surface area contributed by atoms with E-state index in [0.717, 1.165) is 32.1 Å². The van der Waals surface area contributed by atoms with Crippen molar-refractivity contribution in [2.45, 2.75) is 52.9 Å². The van der Waals surface area contributed by atoms with Crippen LogP contribution in [0.15, 0.2) is 169 Å². The summed E-state index contributed by atoms with van der Waals surface area (Å²) in [5, 5.41) is 1.30. The lowest BCUT2D eigenvalue weighted by Gasteiger charge is -2.30. The van der Waals surface area contributed by atoms with Gasteiger partial charge in [0.2, 0.25) is 0 Å². The molecule has 0 N–H and O–H groups in total. The molecule has 0 fully saturated rings. The first-order valence-electron chi connectivity index (χ1n) is 19.4. The second kappa shape index (κ2) is 14.0. The van der Waals surface area contributed by atoms with Gasteiger partial charge in [0.1, 0.15) is 0 Å². The summed E-state index contributed by atoms with van der Waals surface area (Å²) < 4.78 is 2.52. The molecule has 0 saturated heterocycles. The van der Waals surface area contributed by atoms with E-state index in [1.807, 2.05) is 6.08 Å². The smallest absolute Gasteiger partial charge is 0.0558 e. The van der Waals surface area contributed by atoms with Crippen molar-refractivity contribution >= 4 is 33.9 Å². The minimum absolute atomic E-state index is 0.936. The van der Waals surface area contributed by atoms with Crippen molar-refractivity contribution in [3.63, 3.8) is 0 Å². The molecule has 0 aliphatic heterocycles. The predicted molar refractivity (Wildman–Crippen MR) is 231 cm³/mol. The van der Waals surface area contributed by atoms with Gasteiger partial charge in [-0.05, 0) is 163 Å². The summed E-state index contributed by atoms with van der Waals surface area (Å²) in [6.07, 6.45) is 20.3. The Morgan fingerprint density at radius 2 is 1.52 bits per heavy atom. The average Bonchev–Trinajstić information content (AvgIpc) is 3.75. The van der Waals surface area contributed by atoms with Crippen LogP contribution in [0.5, 0.6) is 0 Å². The van der Waals surface area contributed by atoms with Crippen LogP contribution in [0.1, 0.15) is 65.3 Å². The Labute approximate surface area is 320 Å². The van der Waals surface area contributed by atoms with E-state index in [9.17, 15) is 0 Å². The standard InChI is InChI=1S/C52H46N2/c1-5-7-13-37(6-2)38-21-25-44(26-22-38)53(45-24-18-35(3)36(4)30-45)46-27-28-48-50-33-40(23-29-51(50)54(52(48)34-46)43-15-9-8-10-16-43)39-19-20-42-31-41-14-11-12-17-47(41)49(42)32-39/h5-21,24-25,27-28,30,32-34H,2,22-23,26,29,31H2,1,3-4H3/b7-5-,37-13+. The van der Waals surface area contributed by atoms with Crippen LogP contribution in [0.2, 0.25) is 0 Å². The normalized spacial score (nSPS) is 15.0. The number of hydrogen-bond acceptors (Lipinski definition) is 1. The number of fused-ring (bicyclic) bond motifs is 6. The lowest BCUT2D eigenvalue weighted by molar-refractivity contribution is 0.883. The lowest BCUT2D eigenvalue weighted by atomic mass is 9.89. The number of aromatic nitrogens is 1. The van der Waals surface area contributed by atoms with E-state index in [0.29, 0.717) is 0 Å². The van der Waals surface area contributed by atoms with Gasteiger partial charge < -0.3 is 9.47 Å². The molecule has 0 unspecified atom stereocenters. The summed E-state index contributed by atoms with van der Waals surface area (Å²) >= 11 is 0. The molecule has 0 amide bonds. The molecular formula is C52H46N2. The van der Waals surface area contributed by atoms with Gasteiger partial charge in [0.05, 0.1) is 5.52 Å². The van der Waals surface area contributed by atoms with Gasteiger partial charge >= 0.3 is 0 Å². The van der Waals surface area contributed by atoms with Crippen LogP contribution in [0.4, 0.5) is 11.4 Å². The number of benzene rings is 5. The molecule has 9 rings (SSSR count). The van der Waals surface area contributed by atoms with Crippen molar-refractivity contribution in [2.75, 3.05) is 4.90 Å². The van der Waals surface area contributed by atoms with Gasteiger partial charge in [-0.1, -0.05) is 104 Å². The highest BCUT2D eigenvalue weighted by Crippen LogP contribution is 2.44. The van der Waals surface area contributed by atoms with E-state index >= 15 is 0 Å². The molecule has 6 aromatic rings. The molecule has 2 nitrogen and oxygen atoms in total. The molecule has 0 radical (unpaired) electrons. The monoisotopic (exact) mass is 698 g/mol. The maximum Gasteiger partial charge on any atom is 0.0558 e. The zero-order chi connectivity index (χ0) is 36.8. The van der Waals surface area contributed by atoms with Crippen LogP contribution in [0.3, 0.4) is 0 Å². The van der Waals surface area contributed by atoms with Crippen LogP contribution >= 0.6 is 0 Å². The van der Waals surface area contributed by atoms with E-state index < -0.39 is 0 Å². The fraction of sp³-hybridized carbons (Fsp3) is 0.154. The molecule has 0 bridgehead atoms.